The molecule has 0 heterocycles. The topological polar surface area (TPSA) is 12.4 Å². The first-order valence-electron chi connectivity index (χ1n) is 2.90. The van der Waals surface area contributed by atoms with Crippen molar-refractivity contribution in [2.75, 3.05) is 0 Å². The fourth-order valence-electron chi connectivity index (χ4n) is 0.346. The third-order valence-electron chi connectivity index (χ3n) is 0.788. The van der Waals surface area contributed by atoms with Gasteiger partial charge in [0.15, 0.2) is 0 Å². The Labute approximate surface area is 51.1 Å². The molecule has 0 atom stereocenters. The van der Waals surface area contributed by atoms with Crippen molar-refractivity contribution in [1.82, 2.24) is 0 Å². The molecule has 0 radical (unpaired) electrons. The van der Waals surface area contributed by atoms with E-state index in [1.807, 2.05) is 6.21 Å². The molecular weight excluding hydrogens is 98.1 g/mol. The molecule has 0 N–H and O–H groups in total. The number of hydrogen-bond acceptors (Lipinski definition) is 1. The lowest BCUT2D eigenvalue weighted by molar-refractivity contribution is 0.690. The van der Waals surface area contributed by atoms with Crippen LogP contribution in [0.1, 0.15) is 20.3 Å². The molecule has 0 unspecified atom stereocenters. The first-order chi connectivity index (χ1) is 3.77. The van der Waals surface area contributed by atoms with Crippen molar-refractivity contribution in [2.45, 2.75) is 20.3 Å². The van der Waals surface area contributed by atoms with Gasteiger partial charge >= 0.3 is 0 Å². The highest BCUT2D eigenvalue weighted by Gasteiger charge is 1.85. The van der Waals surface area contributed by atoms with Gasteiger partial charge in [0.1, 0.15) is 0 Å². The van der Waals surface area contributed by atoms with E-state index in [0.29, 0.717) is 5.92 Å². The van der Waals surface area contributed by atoms with Gasteiger partial charge in [-0.15, -0.1) is 0 Å². The van der Waals surface area contributed by atoms with E-state index in [4.69, 9.17) is 0 Å². The Morgan fingerprint density at radius 1 is 1.62 bits per heavy atom. The van der Waals surface area contributed by atoms with E-state index in [0.717, 1.165) is 6.42 Å². The van der Waals surface area contributed by atoms with Crippen LogP contribution in [0, 0.1) is 5.92 Å². The summed E-state index contributed by atoms with van der Waals surface area (Å²) in [6, 6.07) is 0. The van der Waals surface area contributed by atoms with Crippen LogP contribution in [0.5, 0.6) is 0 Å². The zero-order valence-electron chi connectivity index (χ0n) is 5.59. The van der Waals surface area contributed by atoms with Gasteiger partial charge in [0.25, 0.3) is 0 Å². The van der Waals surface area contributed by atoms with Gasteiger partial charge in [-0.3, -0.25) is 4.99 Å². The van der Waals surface area contributed by atoms with Gasteiger partial charge in [-0.05, 0) is 12.3 Å². The molecule has 0 aromatic heterocycles. The van der Waals surface area contributed by atoms with E-state index >= 15 is 0 Å². The average Bonchev–Trinajstić information content (AvgIpc) is 1.66. The molecule has 46 valence electrons. The maximum absolute atomic E-state index is 3.85. The monoisotopic (exact) mass is 111 g/mol. The van der Waals surface area contributed by atoms with Crippen LogP contribution in [0.4, 0.5) is 0 Å². The highest BCUT2D eigenvalue weighted by Crippen LogP contribution is 1.94. The molecule has 0 amide bonds. The molecule has 0 fully saturated rings. The SMILES string of the molecule is C=CN=CCC(C)C. The fraction of sp³-hybridized carbons (Fsp3) is 0.571. The third kappa shape index (κ3) is 5.41. The van der Waals surface area contributed by atoms with E-state index in [-0.39, 0.29) is 0 Å². The molecule has 0 aliphatic carbocycles. The zero-order valence-corrected chi connectivity index (χ0v) is 5.59. The van der Waals surface area contributed by atoms with Crippen LogP contribution in [0.25, 0.3) is 0 Å². The molecule has 0 saturated carbocycles. The number of rotatable bonds is 3. The second-order valence-corrected chi connectivity index (χ2v) is 2.14. The van der Waals surface area contributed by atoms with Crippen molar-refractivity contribution >= 4 is 6.21 Å². The van der Waals surface area contributed by atoms with Crippen molar-refractivity contribution in [1.29, 1.82) is 0 Å². The molecule has 1 nitrogen and oxygen atoms in total. The summed E-state index contributed by atoms with van der Waals surface area (Å²) in [5.74, 6) is 0.707. The summed E-state index contributed by atoms with van der Waals surface area (Å²) < 4.78 is 0. The van der Waals surface area contributed by atoms with Crippen molar-refractivity contribution < 1.29 is 0 Å². The van der Waals surface area contributed by atoms with Crippen LogP contribution in [-0.2, 0) is 0 Å². The van der Waals surface area contributed by atoms with Crippen LogP contribution in [-0.4, -0.2) is 6.21 Å². The van der Waals surface area contributed by atoms with Crippen LogP contribution < -0.4 is 0 Å². The van der Waals surface area contributed by atoms with Crippen molar-refractivity contribution in [2.24, 2.45) is 10.9 Å². The predicted molar refractivity (Wildman–Crippen MR) is 38.1 cm³/mol. The van der Waals surface area contributed by atoms with E-state index in [9.17, 15) is 0 Å². The largest absolute Gasteiger partial charge is 0.270 e. The van der Waals surface area contributed by atoms with Crippen LogP contribution in [0.3, 0.4) is 0 Å². The lowest BCUT2D eigenvalue weighted by atomic mass is 10.2. The van der Waals surface area contributed by atoms with Gasteiger partial charge in [-0.1, -0.05) is 20.4 Å². The minimum atomic E-state index is 0.707. The molecule has 0 aromatic rings. The van der Waals surface area contributed by atoms with Crippen molar-refractivity contribution in [3.05, 3.63) is 12.8 Å². The summed E-state index contributed by atoms with van der Waals surface area (Å²) in [4.78, 5) is 3.85. The molecule has 0 bridgehead atoms. The lowest BCUT2D eigenvalue weighted by Gasteiger charge is -1.93. The van der Waals surface area contributed by atoms with E-state index in [1.165, 1.54) is 0 Å². The van der Waals surface area contributed by atoms with Gasteiger partial charge in [-0.2, -0.15) is 0 Å². The number of aliphatic imine (C=N–C) groups is 1. The summed E-state index contributed by atoms with van der Waals surface area (Å²) in [6.45, 7) is 7.78. The Bertz CT molecular complexity index is 82.4. The van der Waals surface area contributed by atoms with Gasteiger partial charge in [0.05, 0.1) is 0 Å². The standard InChI is InChI=1S/C7H13N/c1-4-8-6-5-7(2)3/h4,6-7H,1,5H2,2-3H3. The molecule has 1 heteroatoms. The summed E-state index contributed by atoms with van der Waals surface area (Å²) in [5.41, 5.74) is 0. The summed E-state index contributed by atoms with van der Waals surface area (Å²) in [7, 11) is 0. The Morgan fingerprint density at radius 2 is 2.25 bits per heavy atom. The van der Waals surface area contributed by atoms with E-state index in [2.05, 4.69) is 25.4 Å². The number of hydrogen-bond donors (Lipinski definition) is 0. The van der Waals surface area contributed by atoms with Gasteiger partial charge in [0, 0.05) is 12.4 Å². The summed E-state index contributed by atoms with van der Waals surface area (Å²) >= 11 is 0. The first-order valence-corrected chi connectivity index (χ1v) is 2.90. The molecule has 0 aromatic carbocycles. The fourth-order valence-corrected chi connectivity index (χ4v) is 0.346. The average molecular weight is 111 g/mol. The van der Waals surface area contributed by atoms with Crippen LogP contribution in [0.2, 0.25) is 0 Å². The first kappa shape index (κ1) is 7.41. The normalized spacial score (nSPS) is 10.9. The number of nitrogens with zero attached hydrogens (tertiary/aromatic N) is 1. The molecule has 0 rings (SSSR count). The quantitative estimate of drug-likeness (QED) is 0.495. The predicted octanol–water partition coefficient (Wildman–Crippen LogP) is 2.25. The van der Waals surface area contributed by atoms with Crippen molar-refractivity contribution in [3.63, 3.8) is 0 Å². The Kier molecular flexibility index (Phi) is 4.23. The molecule has 0 spiro atoms. The molecule has 0 saturated heterocycles. The summed E-state index contributed by atoms with van der Waals surface area (Å²) in [6.07, 6.45) is 4.49. The minimum absolute atomic E-state index is 0.707. The Hall–Kier alpha value is -0.590. The van der Waals surface area contributed by atoms with E-state index < -0.39 is 0 Å². The highest BCUT2D eigenvalue weighted by molar-refractivity contribution is 5.58. The Morgan fingerprint density at radius 3 is 2.62 bits per heavy atom. The maximum atomic E-state index is 3.85. The maximum Gasteiger partial charge on any atom is 0.0191 e. The third-order valence-corrected chi connectivity index (χ3v) is 0.788. The highest BCUT2D eigenvalue weighted by atomic mass is 14.6. The second kappa shape index (κ2) is 4.57. The Balaban J connectivity index is 3.15. The van der Waals surface area contributed by atoms with Gasteiger partial charge in [-0.25, -0.2) is 0 Å². The van der Waals surface area contributed by atoms with Crippen LogP contribution >= 0.6 is 0 Å². The molecule has 0 aliphatic rings. The summed E-state index contributed by atoms with van der Waals surface area (Å²) in [5, 5.41) is 0. The smallest absolute Gasteiger partial charge is 0.0191 e. The van der Waals surface area contributed by atoms with E-state index in [1.54, 1.807) is 6.20 Å². The molecule has 0 aliphatic heterocycles. The molecule has 8 heavy (non-hydrogen) atoms. The van der Waals surface area contributed by atoms with Crippen molar-refractivity contribution in [3.8, 4) is 0 Å². The van der Waals surface area contributed by atoms with Crippen LogP contribution in [0.15, 0.2) is 17.8 Å². The minimum Gasteiger partial charge on any atom is -0.270 e. The van der Waals surface area contributed by atoms with Gasteiger partial charge in [0.2, 0.25) is 0 Å². The van der Waals surface area contributed by atoms with Gasteiger partial charge < -0.3 is 0 Å². The zero-order chi connectivity index (χ0) is 6.41. The molecular formula is C7H13N. The second-order valence-electron chi connectivity index (χ2n) is 2.14. The lowest BCUT2D eigenvalue weighted by Crippen LogP contribution is -1.85.